The molecule has 2 aliphatic heterocycles. The predicted molar refractivity (Wildman–Crippen MR) is 135 cm³/mol. The molecule has 3 aromatic carbocycles. The van der Waals surface area contributed by atoms with Crippen molar-refractivity contribution >= 4 is 11.6 Å². The van der Waals surface area contributed by atoms with E-state index >= 15 is 0 Å². The van der Waals surface area contributed by atoms with E-state index in [1.807, 2.05) is 30.3 Å². The number of piperidine rings is 1. The van der Waals surface area contributed by atoms with Crippen molar-refractivity contribution in [1.29, 1.82) is 0 Å². The van der Waals surface area contributed by atoms with Gasteiger partial charge in [0.25, 0.3) is 0 Å². The third kappa shape index (κ3) is 5.16. The van der Waals surface area contributed by atoms with Crippen molar-refractivity contribution in [1.82, 2.24) is 4.90 Å². The van der Waals surface area contributed by atoms with Gasteiger partial charge in [-0.2, -0.15) is 0 Å². The van der Waals surface area contributed by atoms with Crippen LogP contribution in [0.4, 0.5) is 0 Å². The number of hydrogen-bond acceptors (Lipinski definition) is 4. The molecule has 34 heavy (non-hydrogen) atoms. The fourth-order valence-electron chi connectivity index (χ4n) is 5.06. The number of benzene rings is 3. The Morgan fingerprint density at radius 1 is 0.971 bits per heavy atom. The number of ether oxygens (including phenoxy) is 3. The van der Waals surface area contributed by atoms with E-state index in [1.165, 1.54) is 11.1 Å². The quantitative estimate of drug-likeness (QED) is 0.418. The third-order valence-electron chi connectivity index (χ3n) is 7.18. The maximum Gasteiger partial charge on any atom is 0.125 e. The van der Waals surface area contributed by atoms with Crippen molar-refractivity contribution in [3.63, 3.8) is 0 Å². The van der Waals surface area contributed by atoms with Crippen LogP contribution in [-0.4, -0.2) is 42.8 Å². The van der Waals surface area contributed by atoms with Gasteiger partial charge in [-0.25, -0.2) is 0 Å². The lowest BCUT2D eigenvalue weighted by molar-refractivity contribution is -0.137. The topological polar surface area (TPSA) is 30.9 Å². The molecule has 0 aliphatic carbocycles. The Hall–Kier alpha value is -2.37. The Bertz CT molecular complexity index is 1030. The Balaban J connectivity index is 1.17. The van der Waals surface area contributed by atoms with Gasteiger partial charge in [-0.15, -0.1) is 0 Å². The van der Waals surface area contributed by atoms with Crippen LogP contribution in [0.5, 0.6) is 5.75 Å². The number of nitrogens with zero attached hydrogens (tertiary/aromatic N) is 1. The molecule has 0 aromatic heterocycles. The molecule has 2 heterocycles. The molecule has 1 atom stereocenters. The first-order valence-electron chi connectivity index (χ1n) is 12.2. The number of likely N-dealkylation sites (tertiary alicyclic amines) is 1. The largest absolute Gasteiger partial charge is 0.487 e. The van der Waals surface area contributed by atoms with Crippen LogP contribution in [0.3, 0.4) is 0 Å². The van der Waals surface area contributed by atoms with Gasteiger partial charge < -0.3 is 19.1 Å². The molecule has 5 heteroatoms. The average molecular weight is 478 g/mol. The molecular weight excluding hydrogens is 446 g/mol. The molecule has 4 nitrogen and oxygen atoms in total. The van der Waals surface area contributed by atoms with Crippen LogP contribution in [-0.2, 0) is 16.1 Å². The Labute approximate surface area is 207 Å². The molecular formula is C29H32ClNO3. The van der Waals surface area contributed by atoms with Crippen molar-refractivity contribution in [2.45, 2.75) is 44.2 Å². The minimum Gasteiger partial charge on any atom is -0.487 e. The zero-order valence-corrected chi connectivity index (χ0v) is 20.4. The fraction of sp³-hybridized carbons (Fsp3) is 0.379. The van der Waals surface area contributed by atoms with E-state index in [0.29, 0.717) is 18.2 Å². The van der Waals surface area contributed by atoms with Crippen LogP contribution in [0.1, 0.15) is 42.6 Å². The second-order valence-electron chi connectivity index (χ2n) is 9.28. The van der Waals surface area contributed by atoms with Gasteiger partial charge in [0, 0.05) is 30.2 Å². The van der Waals surface area contributed by atoms with Crippen molar-refractivity contribution in [2.24, 2.45) is 0 Å². The summed E-state index contributed by atoms with van der Waals surface area (Å²) in [4.78, 5) is 2.48. The minimum atomic E-state index is -0.264. The van der Waals surface area contributed by atoms with Gasteiger partial charge in [-0.05, 0) is 49.1 Å². The van der Waals surface area contributed by atoms with E-state index in [1.54, 1.807) is 0 Å². The maximum absolute atomic E-state index is 6.49. The molecule has 1 fully saturated rings. The molecule has 0 bridgehead atoms. The SMILES string of the molecule is CC1Oc2ccc(Cl)cc2COC12CCN(CCOC(c1ccccc1)c1ccccc1)CC2. The molecule has 0 saturated carbocycles. The van der Waals surface area contributed by atoms with Gasteiger partial charge in [-0.3, -0.25) is 0 Å². The molecule has 3 aromatic rings. The Morgan fingerprint density at radius 3 is 2.26 bits per heavy atom. The number of halogens is 1. The summed E-state index contributed by atoms with van der Waals surface area (Å²) in [6, 6.07) is 26.7. The molecule has 1 unspecified atom stereocenters. The van der Waals surface area contributed by atoms with Crippen molar-refractivity contribution in [3.05, 3.63) is 101 Å². The van der Waals surface area contributed by atoms with Gasteiger partial charge in [0.05, 0.1) is 13.2 Å². The zero-order valence-electron chi connectivity index (χ0n) is 19.7. The van der Waals surface area contributed by atoms with Gasteiger partial charge in [-0.1, -0.05) is 72.3 Å². The summed E-state index contributed by atoms with van der Waals surface area (Å²) in [5.74, 6) is 0.887. The first-order valence-corrected chi connectivity index (χ1v) is 12.5. The highest BCUT2D eigenvalue weighted by Crippen LogP contribution is 2.38. The van der Waals surface area contributed by atoms with Gasteiger partial charge in [0.1, 0.15) is 23.6 Å². The lowest BCUT2D eigenvalue weighted by atomic mass is 9.86. The highest BCUT2D eigenvalue weighted by molar-refractivity contribution is 6.30. The Kier molecular flexibility index (Phi) is 7.21. The summed E-state index contributed by atoms with van der Waals surface area (Å²) < 4.78 is 19.3. The van der Waals surface area contributed by atoms with E-state index < -0.39 is 0 Å². The molecule has 178 valence electrons. The monoisotopic (exact) mass is 477 g/mol. The summed E-state index contributed by atoms with van der Waals surface area (Å²) >= 11 is 6.18. The summed E-state index contributed by atoms with van der Waals surface area (Å²) in [5, 5.41) is 0.716. The minimum absolute atomic E-state index is 0.00568. The van der Waals surface area contributed by atoms with Crippen molar-refractivity contribution in [2.75, 3.05) is 26.2 Å². The van der Waals surface area contributed by atoms with Gasteiger partial charge in [0.2, 0.25) is 0 Å². The number of hydrogen-bond donors (Lipinski definition) is 0. The van der Waals surface area contributed by atoms with E-state index in [2.05, 4.69) is 60.4 Å². The second kappa shape index (κ2) is 10.5. The van der Waals surface area contributed by atoms with Crippen LogP contribution in [0.15, 0.2) is 78.9 Å². The predicted octanol–water partition coefficient (Wildman–Crippen LogP) is 6.28. The molecule has 0 amide bonds. The van der Waals surface area contributed by atoms with Crippen LogP contribution >= 0.6 is 11.6 Å². The second-order valence-corrected chi connectivity index (χ2v) is 9.72. The van der Waals surface area contributed by atoms with E-state index in [9.17, 15) is 0 Å². The van der Waals surface area contributed by atoms with Crippen molar-refractivity contribution < 1.29 is 14.2 Å². The number of rotatable bonds is 6. The van der Waals surface area contributed by atoms with Crippen LogP contribution < -0.4 is 4.74 Å². The van der Waals surface area contributed by atoms with Crippen LogP contribution in [0.2, 0.25) is 5.02 Å². The zero-order chi connectivity index (χ0) is 23.4. The standard InChI is InChI=1S/C29H32ClNO3/c1-22-29(33-21-25-20-26(30)12-13-27(25)34-22)14-16-31(17-15-29)18-19-32-28(23-8-4-2-5-9-23)24-10-6-3-7-11-24/h2-13,20,22,28H,14-19,21H2,1H3. The van der Waals surface area contributed by atoms with Gasteiger partial charge >= 0.3 is 0 Å². The summed E-state index contributed by atoms with van der Waals surface area (Å²) in [6.45, 7) is 6.19. The molecule has 0 radical (unpaired) electrons. The first-order chi connectivity index (χ1) is 16.6. The third-order valence-corrected chi connectivity index (χ3v) is 7.42. The smallest absolute Gasteiger partial charge is 0.125 e. The van der Waals surface area contributed by atoms with Gasteiger partial charge in [0.15, 0.2) is 0 Å². The summed E-state index contributed by atoms with van der Waals surface area (Å²) in [7, 11) is 0. The molecule has 5 rings (SSSR count). The lowest BCUT2D eigenvalue weighted by Crippen LogP contribution is -2.53. The molecule has 1 spiro atoms. The average Bonchev–Trinajstić information content (AvgIpc) is 3.00. The number of fused-ring (bicyclic) bond motifs is 1. The normalized spacial score (nSPS) is 20.0. The van der Waals surface area contributed by atoms with E-state index in [4.69, 9.17) is 25.8 Å². The van der Waals surface area contributed by atoms with Crippen LogP contribution in [0.25, 0.3) is 0 Å². The Morgan fingerprint density at radius 2 is 1.62 bits per heavy atom. The lowest BCUT2D eigenvalue weighted by Gasteiger charge is -2.43. The first kappa shape index (κ1) is 23.4. The summed E-state index contributed by atoms with van der Waals surface area (Å²) in [5.41, 5.74) is 3.13. The molecule has 1 saturated heterocycles. The van der Waals surface area contributed by atoms with Crippen molar-refractivity contribution in [3.8, 4) is 5.75 Å². The summed E-state index contributed by atoms with van der Waals surface area (Å²) in [6.07, 6.45) is 1.82. The van der Waals surface area contributed by atoms with E-state index in [-0.39, 0.29) is 17.8 Å². The van der Waals surface area contributed by atoms with Crippen LogP contribution in [0, 0.1) is 0 Å². The molecule has 0 N–H and O–H groups in total. The fourth-order valence-corrected chi connectivity index (χ4v) is 5.25. The van der Waals surface area contributed by atoms with E-state index in [0.717, 1.165) is 43.8 Å². The highest BCUT2D eigenvalue weighted by Gasteiger charge is 2.43. The maximum atomic E-state index is 6.49. The molecule has 2 aliphatic rings. The highest BCUT2D eigenvalue weighted by atomic mass is 35.5.